The van der Waals surface area contributed by atoms with E-state index in [9.17, 15) is 9.59 Å². The average molecular weight is 282 g/mol. The summed E-state index contributed by atoms with van der Waals surface area (Å²) < 4.78 is 1.40. The van der Waals surface area contributed by atoms with Crippen LogP contribution in [0, 0.1) is 5.92 Å². The Morgan fingerprint density at radius 2 is 2.29 bits per heavy atom. The van der Waals surface area contributed by atoms with Gasteiger partial charge in [-0.25, -0.2) is 4.79 Å². The zero-order chi connectivity index (χ0) is 10.7. The van der Waals surface area contributed by atoms with E-state index in [0.717, 1.165) is 5.33 Å². The van der Waals surface area contributed by atoms with Gasteiger partial charge in [-0.2, -0.15) is 0 Å². The van der Waals surface area contributed by atoms with Gasteiger partial charge in [0, 0.05) is 18.1 Å². The van der Waals surface area contributed by atoms with Gasteiger partial charge in [-0.1, -0.05) is 34.5 Å². The molecule has 1 N–H and O–H groups in total. The SMILES string of the molecule is CC(CBr)Cn1cc(Cl)c(=O)[nH]c1=O. The highest BCUT2D eigenvalue weighted by Crippen LogP contribution is 2.03. The highest BCUT2D eigenvalue weighted by molar-refractivity contribution is 9.09. The quantitative estimate of drug-likeness (QED) is 0.847. The standard InChI is InChI=1S/C8H10BrClN2O2/c1-5(2-9)3-12-4-6(10)7(13)11-8(12)14/h4-5H,2-3H2,1H3,(H,11,13,14). The molecule has 1 aromatic rings. The Balaban J connectivity index is 3.04. The van der Waals surface area contributed by atoms with Crippen LogP contribution in [0.4, 0.5) is 0 Å². The summed E-state index contributed by atoms with van der Waals surface area (Å²) in [5, 5.41) is 0.822. The molecule has 0 aliphatic rings. The maximum absolute atomic E-state index is 11.3. The van der Waals surface area contributed by atoms with Crippen LogP contribution in [-0.4, -0.2) is 14.9 Å². The summed E-state index contributed by atoms with van der Waals surface area (Å²) in [7, 11) is 0. The van der Waals surface area contributed by atoms with Crippen LogP contribution in [0.5, 0.6) is 0 Å². The van der Waals surface area contributed by atoms with Gasteiger partial charge in [-0.3, -0.25) is 14.3 Å². The lowest BCUT2D eigenvalue weighted by atomic mass is 10.2. The number of nitrogens with one attached hydrogen (secondary N) is 1. The average Bonchev–Trinajstić information content (AvgIpc) is 2.14. The third-order valence-electron chi connectivity index (χ3n) is 1.74. The molecule has 0 saturated carbocycles. The van der Waals surface area contributed by atoms with Crippen LogP contribution in [0.2, 0.25) is 5.02 Å². The van der Waals surface area contributed by atoms with Gasteiger partial charge in [0.15, 0.2) is 0 Å². The molecule has 0 bridgehead atoms. The fourth-order valence-corrected chi connectivity index (χ4v) is 1.37. The minimum absolute atomic E-state index is 0.0337. The number of aromatic amines is 1. The monoisotopic (exact) mass is 280 g/mol. The molecular formula is C8H10BrClN2O2. The summed E-state index contributed by atoms with van der Waals surface area (Å²) in [5.41, 5.74) is -0.966. The number of hydrogen-bond donors (Lipinski definition) is 1. The Morgan fingerprint density at radius 1 is 1.64 bits per heavy atom. The van der Waals surface area contributed by atoms with Crippen LogP contribution in [0.25, 0.3) is 0 Å². The summed E-state index contributed by atoms with van der Waals surface area (Å²) in [6.07, 6.45) is 1.36. The van der Waals surface area contributed by atoms with Crippen LogP contribution >= 0.6 is 27.5 Å². The molecule has 0 spiro atoms. The first-order valence-electron chi connectivity index (χ1n) is 4.10. The van der Waals surface area contributed by atoms with Crippen molar-refractivity contribution >= 4 is 27.5 Å². The van der Waals surface area contributed by atoms with E-state index in [2.05, 4.69) is 20.9 Å². The lowest BCUT2D eigenvalue weighted by Gasteiger charge is -2.09. The van der Waals surface area contributed by atoms with Gasteiger partial charge in [-0.15, -0.1) is 0 Å². The number of hydrogen-bond acceptors (Lipinski definition) is 2. The van der Waals surface area contributed by atoms with Gasteiger partial charge in [0.25, 0.3) is 5.56 Å². The first-order chi connectivity index (χ1) is 6.54. The van der Waals surface area contributed by atoms with E-state index in [1.54, 1.807) is 0 Å². The fraction of sp³-hybridized carbons (Fsp3) is 0.500. The normalized spacial score (nSPS) is 12.8. The lowest BCUT2D eigenvalue weighted by Crippen LogP contribution is -2.31. The van der Waals surface area contributed by atoms with Crippen molar-refractivity contribution < 1.29 is 0 Å². The molecule has 14 heavy (non-hydrogen) atoms. The van der Waals surface area contributed by atoms with Crippen LogP contribution in [0.3, 0.4) is 0 Å². The lowest BCUT2D eigenvalue weighted by molar-refractivity contribution is 0.511. The zero-order valence-electron chi connectivity index (χ0n) is 7.59. The summed E-state index contributed by atoms with van der Waals surface area (Å²) in [4.78, 5) is 24.4. The smallest absolute Gasteiger partial charge is 0.299 e. The molecule has 1 unspecified atom stereocenters. The van der Waals surface area contributed by atoms with Crippen LogP contribution in [-0.2, 0) is 6.54 Å². The molecule has 4 nitrogen and oxygen atoms in total. The summed E-state index contributed by atoms with van der Waals surface area (Å²) in [6, 6.07) is 0. The Kier molecular flexibility index (Phi) is 3.95. The summed E-state index contributed by atoms with van der Waals surface area (Å²) in [5.74, 6) is 0.301. The van der Waals surface area contributed by atoms with Gasteiger partial charge in [-0.05, 0) is 5.92 Å². The zero-order valence-corrected chi connectivity index (χ0v) is 9.93. The first kappa shape index (κ1) is 11.5. The van der Waals surface area contributed by atoms with E-state index in [1.807, 2.05) is 6.92 Å². The van der Waals surface area contributed by atoms with Gasteiger partial charge < -0.3 is 0 Å². The van der Waals surface area contributed by atoms with Crippen molar-refractivity contribution in [2.75, 3.05) is 5.33 Å². The van der Waals surface area contributed by atoms with Gasteiger partial charge in [0.1, 0.15) is 5.02 Å². The second kappa shape index (κ2) is 4.79. The minimum atomic E-state index is -0.542. The Bertz CT molecular complexity index is 426. The predicted octanol–water partition coefficient (Wildman–Crippen LogP) is 1.22. The number of aromatic nitrogens is 2. The molecule has 0 aliphatic heterocycles. The molecule has 0 radical (unpaired) electrons. The van der Waals surface area contributed by atoms with Crippen molar-refractivity contribution in [3.8, 4) is 0 Å². The molecular weight excluding hydrogens is 271 g/mol. The fourth-order valence-electron chi connectivity index (χ4n) is 1.00. The molecule has 1 atom stereocenters. The van der Waals surface area contributed by atoms with Crippen LogP contribution in [0.1, 0.15) is 6.92 Å². The molecule has 0 saturated heterocycles. The maximum Gasteiger partial charge on any atom is 0.328 e. The van der Waals surface area contributed by atoms with Crippen molar-refractivity contribution in [2.45, 2.75) is 13.5 Å². The molecule has 0 aromatic carbocycles. The molecule has 78 valence electrons. The van der Waals surface area contributed by atoms with Crippen molar-refractivity contribution in [3.05, 3.63) is 32.1 Å². The predicted molar refractivity (Wildman–Crippen MR) is 59.3 cm³/mol. The third kappa shape index (κ3) is 2.72. The maximum atomic E-state index is 11.3. The summed E-state index contributed by atoms with van der Waals surface area (Å²) >= 11 is 8.91. The van der Waals surface area contributed by atoms with Gasteiger partial charge in [0.05, 0.1) is 0 Å². The molecule has 1 heterocycles. The molecule has 1 aromatic heterocycles. The second-order valence-electron chi connectivity index (χ2n) is 3.15. The highest BCUT2D eigenvalue weighted by atomic mass is 79.9. The van der Waals surface area contributed by atoms with Gasteiger partial charge in [0.2, 0.25) is 0 Å². The molecule has 1 rings (SSSR count). The third-order valence-corrected chi connectivity index (χ3v) is 3.11. The molecule has 0 amide bonds. The van der Waals surface area contributed by atoms with E-state index >= 15 is 0 Å². The van der Waals surface area contributed by atoms with Crippen molar-refractivity contribution in [2.24, 2.45) is 5.92 Å². The number of halogens is 2. The minimum Gasteiger partial charge on any atom is -0.299 e. The van der Waals surface area contributed by atoms with E-state index in [4.69, 9.17) is 11.6 Å². The Labute approximate surface area is 94.0 Å². The van der Waals surface area contributed by atoms with E-state index in [0.29, 0.717) is 12.5 Å². The number of H-pyrrole nitrogens is 1. The van der Waals surface area contributed by atoms with Gasteiger partial charge >= 0.3 is 5.69 Å². The molecule has 0 fully saturated rings. The number of nitrogens with zero attached hydrogens (tertiary/aromatic N) is 1. The molecule has 6 heteroatoms. The van der Waals surface area contributed by atoms with E-state index in [1.165, 1.54) is 10.8 Å². The van der Waals surface area contributed by atoms with E-state index < -0.39 is 11.2 Å². The van der Waals surface area contributed by atoms with Crippen LogP contribution < -0.4 is 11.2 Å². The highest BCUT2D eigenvalue weighted by Gasteiger charge is 2.05. The Morgan fingerprint density at radius 3 is 2.86 bits per heavy atom. The number of rotatable bonds is 3. The second-order valence-corrected chi connectivity index (χ2v) is 4.20. The van der Waals surface area contributed by atoms with Crippen molar-refractivity contribution in [1.82, 2.24) is 9.55 Å². The van der Waals surface area contributed by atoms with Crippen LogP contribution in [0.15, 0.2) is 15.8 Å². The van der Waals surface area contributed by atoms with Crippen molar-refractivity contribution in [3.63, 3.8) is 0 Å². The number of alkyl halides is 1. The Hall–Kier alpha value is -0.550. The molecule has 0 aliphatic carbocycles. The summed E-state index contributed by atoms with van der Waals surface area (Å²) in [6.45, 7) is 2.51. The largest absolute Gasteiger partial charge is 0.328 e. The first-order valence-corrected chi connectivity index (χ1v) is 5.59. The van der Waals surface area contributed by atoms with Crippen molar-refractivity contribution in [1.29, 1.82) is 0 Å². The van der Waals surface area contributed by atoms with E-state index in [-0.39, 0.29) is 5.02 Å². The topological polar surface area (TPSA) is 54.9 Å².